The Kier molecular flexibility index (Phi) is 5.44. The summed E-state index contributed by atoms with van der Waals surface area (Å²) in [6.45, 7) is -0.916. The van der Waals surface area contributed by atoms with Crippen LogP contribution in [0.25, 0.3) is 22.3 Å². The molecule has 1 fully saturated rings. The first-order valence-electron chi connectivity index (χ1n) is 9.60. The molecule has 2 aromatic carbocycles. The molecule has 1 aliphatic heterocycles. The van der Waals surface area contributed by atoms with E-state index in [1.165, 1.54) is 6.07 Å². The highest BCUT2D eigenvalue weighted by Crippen LogP contribution is 2.43. The van der Waals surface area contributed by atoms with Gasteiger partial charge in [0.15, 0.2) is 11.5 Å². The number of aromatic hydroxyl groups is 4. The van der Waals surface area contributed by atoms with Crippen LogP contribution in [-0.2, 0) is 10.5 Å². The Morgan fingerprint density at radius 2 is 1.61 bits per heavy atom. The Morgan fingerprint density at radius 3 is 2.24 bits per heavy atom. The summed E-state index contributed by atoms with van der Waals surface area (Å²) in [7, 11) is 0. The second-order valence-corrected chi connectivity index (χ2v) is 7.64. The van der Waals surface area contributed by atoms with Gasteiger partial charge >= 0.3 is 0 Å². The first-order chi connectivity index (χ1) is 15.5. The SMILES string of the molecule is O=c1c(C2(O)OC(CO)C(O)C(O)C2O)c(-c2ccc(O)c(O)c2)oc2cc(O)cc(O)c12. The fraction of sp³-hybridized carbons (Fsp3) is 0.286. The van der Waals surface area contributed by atoms with Crippen molar-refractivity contribution in [3.8, 4) is 34.3 Å². The van der Waals surface area contributed by atoms with Crippen molar-refractivity contribution < 1.29 is 55.1 Å². The monoisotopic (exact) mass is 464 g/mol. The first-order valence-corrected chi connectivity index (χ1v) is 9.60. The van der Waals surface area contributed by atoms with Gasteiger partial charge < -0.3 is 55.1 Å². The van der Waals surface area contributed by atoms with Crippen LogP contribution in [0.5, 0.6) is 23.0 Å². The van der Waals surface area contributed by atoms with E-state index in [0.29, 0.717) is 0 Å². The minimum atomic E-state index is -3.08. The molecule has 2 heterocycles. The van der Waals surface area contributed by atoms with Gasteiger partial charge in [0.2, 0.25) is 11.2 Å². The van der Waals surface area contributed by atoms with Crippen LogP contribution in [0.2, 0.25) is 0 Å². The van der Waals surface area contributed by atoms with E-state index in [9.17, 15) is 50.8 Å². The van der Waals surface area contributed by atoms with Crippen molar-refractivity contribution in [2.24, 2.45) is 0 Å². The van der Waals surface area contributed by atoms with Gasteiger partial charge in [0, 0.05) is 17.7 Å². The van der Waals surface area contributed by atoms with Crippen molar-refractivity contribution in [1.29, 1.82) is 0 Å². The Bertz CT molecular complexity index is 1280. The lowest BCUT2D eigenvalue weighted by Gasteiger charge is -2.45. The molecular formula is C21H20O12. The summed E-state index contributed by atoms with van der Waals surface area (Å²) >= 11 is 0. The van der Waals surface area contributed by atoms with Crippen LogP contribution in [0.15, 0.2) is 39.5 Å². The van der Waals surface area contributed by atoms with Crippen LogP contribution in [0, 0.1) is 0 Å². The van der Waals surface area contributed by atoms with Crippen LogP contribution in [-0.4, -0.2) is 77.0 Å². The topological polar surface area (TPSA) is 222 Å². The van der Waals surface area contributed by atoms with Crippen molar-refractivity contribution in [2.45, 2.75) is 30.2 Å². The third kappa shape index (κ3) is 3.45. The molecule has 12 nitrogen and oxygen atoms in total. The summed E-state index contributed by atoms with van der Waals surface area (Å²) in [5.74, 6) is -5.98. The molecule has 0 radical (unpaired) electrons. The molecule has 176 valence electrons. The predicted octanol–water partition coefficient (Wildman–Crippen LogP) is -1.10. The van der Waals surface area contributed by atoms with E-state index < -0.39 is 81.9 Å². The Labute approximate surface area is 184 Å². The van der Waals surface area contributed by atoms with Gasteiger partial charge in [0.25, 0.3) is 0 Å². The van der Waals surface area contributed by atoms with Crippen molar-refractivity contribution in [2.75, 3.05) is 6.61 Å². The number of aliphatic hydroxyl groups is 5. The number of phenols is 4. The Morgan fingerprint density at radius 1 is 0.909 bits per heavy atom. The molecule has 1 aliphatic rings. The maximum absolute atomic E-state index is 13.5. The van der Waals surface area contributed by atoms with Crippen LogP contribution in [0.4, 0.5) is 0 Å². The zero-order valence-corrected chi connectivity index (χ0v) is 16.7. The maximum Gasteiger partial charge on any atom is 0.230 e. The summed E-state index contributed by atoms with van der Waals surface area (Å²) in [6.07, 6.45) is -7.88. The van der Waals surface area contributed by atoms with E-state index in [2.05, 4.69) is 0 Å². The number of phenolic OH excluding ortho intramolecular Hbond substituents is 4. The molecule has 0 bridgehead atoms. The number of ether oxygens (including phenoxy) is 1. The number of benzene rings is 2. The van der Waals surface area contributed by atoms with Gasteiger partial charge in [0.05, 0.1) is 6.61 Å². The van der Waals surface area contributed by atoms with E-state index in [-0.39, 0.29) is 11.1 Å². The lowest BCUT2D eigenvalue weighted by Crippen LogP contribution is -2.64. The van der Waals surface area contributed by atoms with Gasteiger partial charge in [-0.05, 0) is 18.2 Å². The van der Waals surface area contributed by atoms with Gasteiger partial charge in [-0.15, -0.1) is 0 Å². The van der Waals surface area contributed by atoms with E-state index in [1.807, 2.05) is 0 Å². The Hall–Kier alpha value is -3.39. The molecule has 0 aliphatic carbocycles. The highest BCUT2D eigenvalue weighted by molar-refractivity contribution is 5.87. The summed E-state index contributed by atoms with van der Waals surface area (Å²) in [5.41, 5.74) is -2.47. The number of rotatable bonds is 3. The summed E-state index contributed by atoms with van der Waals surface area (Å²) < 4.78 is 10.9. The number of hydrogen-bond donors (Lipinski definition) is 9. The third-order valence-electron chi connectivity index (χ3n) is 5.52. The van der Waals surface area contributed by atoms with E-state index >= 15 is 0 Å². The third-order valence-corrected chi connectivity index (χ3v) is 5.52. The van der Waals surface area contributed by atoms with Crippen molar-refractivity contribution in [1.82, 2.24) is 0 Å². The minimum Gasteiger partial charge on any atom is -0.508 e. The van der Waals surface area contributed by atoms with Gasteiger partial charge in [0.1, 0.15) is 58.2 Å². The van der Waals surface area contributed by atoms with Crippen LogP contribution >= 0.6 is 0 Å². The highest BCUT2D eigenvalue weighted by atomic mass is 16.7. The quantitative estimate of drug-likeness (QED) is 0.211. The molecule has 12 heteroatoms. The van der Waals surface area contributed by atoms with Gasteiger partial charge in [-0.2, -0.15) is 0 Å². The number of fused-ring (bicyclic) bond motifs is 1. The zero-order chi connectivity index (χ0) is 24.2. The zero-order valence-electron chi connectivity index (χ0n) is 16.7. The molecule has 0 spiro atoms. The molecule has 33 heavy (non-hydrogen) atoms. The predicted molar refractivity (Wildman–Crippen MR) is 108 cm³/mol. The van der Waals surface area contributed by atoms with Crippen LogP contribution in [0.1, 0.15) is 5.56 Å². The van der Waals surface area contributed by atoms with E-state index in [4.69, 9.17) is 9.15 Å². The summed E-state index contributed by atoms with van der Waals surface area (Å²) in [4.78, 5) is 13.5. The largest absolute Gasteiger partial charge is 0.508 e. The molecule has 0 amide bonds. The molecule has 3 aromatic rings. The summed E-state index contributed by atoms with van der Waals surface area (Å²) in [6, 6.07) is 4.99. The molecule has 0 saturated carbocycles. The fourth-order valence-electron chi connectivity index (χ4n) is 3.84. The second kappa shape index (κ2) is 7.88. The van der Waals surface area contributed by atoms with Crippen LogP contribution in [0.3, 0.4) is 0 Å². The smallest absolute Gasteiger partial charge is 0.230 e. The average Bonchev–Trinajstić information content (AvgIpc) is 2.76. The standard InChI is InChI=1S/C21H20O12/c22-6-13-16(27)18(29)20(30)21(31,33-13)15-17(28)14-11(26)4-8(23)5-12(14)32-19(15)7-1-2-9(24)10(25)3-7/h1-5,13,16,18,20,22-27,29-31H,6H2. The van der Waals surface area contributed by atoms with Gasteiger partial charge in [-0.25, -0.2) is 0 Å². The van der Waals surface area contributed by atoms with E-state index in [1.54, 1.807) is 0 Å². The minimum absolute atomic E-state index is 0.118. The lowest BCUT2D eigenvalue weighted by atomic mass is 9.86. The summed E-state index contributed by atoms with van der Waals surface area (Å²) in [5, 5.41) is 90.6. The van der Waals surface area contributed by atoms with Crippen molar-refractivity contribution in [3.05, 3.63) is 46.1 Å². The highest BCUT2D eigenvalue weighted by Gasteiger charge is 2.56. The van der Waals surface area contributed by atoms with Crippen molar-refractivity contribution in [3.63, 3.8) is 0 Å². The normalized spacial score (nSPS) is 27.7. The van der Waals surface area contributed by atoms with Crippen LogP contribution < -0.4 is 5.43 Å². The first kappa shape index (κ1) is 22.8. The van der Waals surface area contributed by atoms with Gasteiger partial charge in [-0.1, -0.05) is 0 Å². The molecule has 5 unspecified atom stereocenters. The molecule has 9 N–H and O–H groups in total. The van der Waals surface area contributed by atoms with Gasteiger partial charge in [-0.3, -0.25) is 4.79 Å². The number of aliphatic hydroxyl groups excluding tert-OH is 4. The van der Waals surface area contributed by atoms with E-state index in [0.717, 1.165) is 24.3 Å². The fourth-order valence-corrected chi connectivity index (χ4v) is 3.84. The second-order valence-electron chi connectivity index (χ2n) is 7.64. The average molecular weight is 464 g/mol. The lowest BCUT2D eigenvalue weighted by molar-refractivity contribution is -0.358. The molecule has 5 atom stereocenters. The molecular weight excluding hydrogens is 444 g/mol. The molecule has 4 rings (SSSR count). The molecule has 1 aromatic heterocycles. The number of hydrogen-bond acceptors (Lipinski definition) is 12. The molecule has 1 saturated heterocycles. The van der Waals surface area contributed by atoms with Crippen molar-refractivity contribution >= 4 is 11.0 Å². The Balaban J connectivity index is 2.11. The maximum atomic E-state index is 13.5.